The van der Waals surface area contributed by atoms with Crippen LogP contribution in [0.3, 0.4) is 0 Å². The van der Waals surface area contributed by atoms with E-state index in [1.807, 2.05) is 40.4 Å². The molecule has 4 rings (SSSR count). The van der Waals surface area contributed by atoms with Gasteiger partial charge in [0.2, 0.25) is 0 Å². The summed E-state index contributed by atoms with van der Waals surface area (Å²) in [6.07, 6.45) is 6.93. The molecule has 0 bridgehead atoms. The average molecular weight is 395 g/mol. The van der Waals surface area contributed by atoms with Crippen LogP contribution in [0.1, 0.15) is 16.1 Å². The number of thiol groups is 1. The van der Waals surface area contributed by atoms with Crippen LogP contribution in [-0.2, 0) is 11.3 Å². The maximum Gasteiger partial charge on any atom is 0.337 e. The smallest absolute Gasteiger partial charge is 0.337 e. The van der Waals surface area contributed by atoms with Crippen LogP contribution in [0, 0.1) is 10.1 Å². The number of benzene rings is 1. The summed E-state index contributed by atoms with van der Waals surface area (Å²) in [6, 6.07) is 11.0. The number of fused-ring (bicyclic) bond motifs is 1. The van der Waals surface area contributed by atoms with Crippen LogP contribution in [0.25, 0.3) is 10.9 Å². The average Bonchev–Trinajstić information content (AvgIpc) is 3.33. The minimum Gasteiger partial charge on any atom is -0.465 e. The number of esters is 1. The Morgan fingerprint density at radius 3 is 2.89 bits per heavy atom. The molecular weight excluding hydrogens is 378 g/mol. The number of carbonyl (C=O) groups excluding carboxylic acids is 1. The summed E-state index contributed by atoms with van der Waals surface area (Å²) >= 11 is 0. The van der Waals surface area contributed by atoms with E-state index < -0.39 is 16.9 Å². The van der Waals surface area contributed by atoms with Gasteiger partial charge in [-0.25, -0.2) is 4.79 Å². The summed E-state index contributed by atoms with van der Waals surface area (Å²) in [7, 11) is 0.138. The second-order valence-corrected chi connectivity index (χ2v) is 8.16. The summed E-state index contributed by atoms with van der Waals surface area (Å²) in [5, 5.41) is 14.4. The Hall–Kier alpha value is -3.39. The number of allylic oxidation sites excluding steroid dienone is 2. The number of ether oxygens (including phenoxy) is 1. The molecule has 0 radical (unpaired) electrons. The summed E-state index contributed by atoms with van der Waals surface area (Å²) in [6.45, 7) is 0.492. The number of nitrogens with zero attached hydrogens (tertiary/aromatic N) is 3. The highest BCUT2D eigenvalue weighted by Gasteiger charge is 2.27. The third-order valence-corrected chi connectivity index (χ3v) is 6.67. The molecule has 8 heteroatoms. The van der Waals surface area contributed by atoms with E-state index in [9.17, 15) is 14.9 Å². The summed E-state index contributed by atoms with van der Waals surface area (Å²) in [4.78, 5) is 28.3. The second-order valence-electron chi connectivity index (χ2n) is 6.18. The number of methoxy groups -OCH3 is 1. The first kappa shape index (κ1) is 18.0. The third kappa shape index (κ3) is 3.18. The first-order chi connectivity index (χ1) is 13.6. The molecule has 28 heavy (non-hydrogen) atoms. The van der Waals surface area contributed by atoms with Crippen LogP contribution in [0.4, 0.5) is 0 Å². The fourth-order valence-electron chi connectivity index (χ4n) is 3.23. The van der Waals surface area contributed by atoms with Crippen LogP contribution in [0.2, 0.25) is 0 Å². The van der Waals surface area contributed by atoms with Crippen LogP contribution in [0.15, 0.2) is 76.3 Å². The Labute approximate surface area is 163 Å². The van der Waals surface area contributed by atoms with Crippen LogP contribution in [0.5, 0.6) is 0 Å². The standard InChI is InChI=1S/C20H17N3O4S/c1-27-20(24)14-7-8-16-17(11-14)22(12-15-5-2-3-9-21-15)13-18(16)28-10-4-6-19(28)23(25)26/h2-11,13,28H,12H2,1H3. The zero-order chi connectivity index (χ0) is 19.7. The highest BCUT2D eigenvalue weighted by Crippen LogP contribution is 2.51. The van der Waals surface area contributed by atoms with Gasteiger partial charge in [0.15, 0.2) is 0 Å². The summed E-state index contributed by atoms with van der Waals surface area (Å²) < 4.78 is 6.81. The van der Waals surface area contributed by atoms with Crippen molar-refractivity contribution in [3.05, 3.63) is 92.8 Å². The molecule has 142 valence electrons. The number of carbonyl (C=O) groups is 1. The topological polar surface area (TPSA) is 87.3 Å². The summed E-state index contributed by atoms with van der Waals surface area (Å²) in [5.74, 6) is -0.425. The van der Waals surface area contributed by atoms with Gasteiger partial charge in [0, 0.05) is 28.8 Å². The van der Waals surface area contributed by atoms with E-state index in [4.69, 9.17) is 4.74 Å². The Kier molecular flexibility index (Phi) is 4.70. The molecule has 7 nitrogen and oxygen atoms in total. The van der Waals surface area contributed by atoms with Crippen molar-refractivity contribution in [2.45, 2.75) is 11.4 Å². The zero-order valence-electron chi connectivity index (χ0n) is 15.0. The molecule has 3 aromatic rings. The van der Waals surface area contributed by atoms with Crippen molar-refractivity contribution in [2.75, 3.05) is 7.11 Å². The molecule has 0 amide bonds. The number of hydrogen-bond acceptors (Lipinski definition) is 5. The zero-order valence-corrected chi connectivity index (χ0v) is 15.9. The molecule has 0 saturated heterocycles. The van der Waals surface area contributed by atoms with Crippen molar-refractivity contribution in [3.63, 3.8) is 0 Å². The minimum atomic E-state index is -1.20. The van der Waals surface area contributed by atoms with Crippen molar-refractivity contribution in [1.82, 2.24) is 9.55 Å². The maximum atomic E-state index is 12.0. The van der Waals surface area contributed by atoms with E-state index in [0.717, 1.165) is 21.5 Å². The van der Waals surface area contributed by atoms with Crippen molar-refractivity contribution in [3.8, 4) is 0 Å². The van der Waals surface area contributed by atoms with E-state index in [2.05, 4.69) is 4.98 Å². The van der Waals surface area contributed by atoms with Crippen LogP contribution in [-0.4, -0.2) is 27.6 Å². The molecule has 1 unspecified atom stereocenters. The van der Waals surface area contributed by atoms with Gasteiger partial charge in [-0.1, -0.05) is 12.1 Å². The number of rotatable bonds is 5. The normalized spacial score (nSPS) is 16.9. The molecule has 0 spiro atoms. The van der Waals surface area contributed by atoms with E-state index in [1.165, 1.54) is 7.11 Å². The van der Waals surface area contributed by atoms with Gasteiger partial charge >= 0.3 is 5.97 Å². The van der Waals surface area contributed by atoms with E-state index >= 15 is 0 Å². The fourth-order valence-corrected chi connectivity index (χ4v) is 5.18. The monoisotopic (exact) mass is 395 g/mol. The van der Waals surface area contributed by atoms with E-state index in [0.29, 0.717) is 12.1 Å². The maximum absolute atomic E-state index is 12.0. The van der Waals surface area contributed by atoms with Gasteiger partial charge in [0.1, 0.15) is 0 Å². The fraction of sp³-hybridized carbons (Fsp3) is 0.100. The third-order valence-electron chi connectivity index (χ3n) is 4.51. The van der Waals surface area contributed by atoms with Gasteiger partial charge < -0.3 is 9.30 Å². The number of hydrogen-bond donors (Lipinski definition) is 1. The number of pyridine rings is 1. The molecule has 1 aliphatic rings. The van der Waals surface area contributed by atoms with Crippen LogP contribution < -0.4 is 0 Å². The first-order valence-corrected chi connectivity index (χ1v) is 9.93. The number of nitro groups is 1. The lowest BCUT2D eigenvalue weighted by Gasteiger charge is -2.10. The molecule has 2 aromatic heterocycles. The lowest BCUT2D eigenvalue weighted by Crippen LogP contribution is -2.03. The molecule has 1 aromatic carbocycles. The number of aromatic nitrogens is 2. The highest BCUT2D eigenvalue weighted by atomic mass is 32.2. The molecule has 1 aliphatic heterocycles. The van der Waals surface area contributed by atoms with Gasteiger partial charge in [0.05, 0.1) is 35.4 Å². The Balaban J connectivity index is 1.86. The second kappa shape index (κ2) is 7.32. The lowest BCUT2D eigenvalue weighted by molar-refractivity contribution is -0.410. The van der Waals surface area contributed by atoms with Gasteiger partial charge in [0.25, 0.3) is 5.03 Å². The minimum absolute atomic E-state index is 0.198. The Morgan fingerprint density at radius 1 is 1.32 bits per heavy atom. The molecule has 0 aliphatic carbocycles. The highest BCUT2D eigenvalue weighted by molar-refractivity contribution is 8.23. The van der Waals surface area contributed by atoms with Crippen molar-refractivity contribution in [2.24, 2.45) is 0 Å². The van der Waals surface area contributed by atoms with Crippen LogP contribution >= 0.6 is 10.9 Å². The van der Waals surface area contributed by atoms with Crippen molar-refractivity contribution < 1.29 is 14.5 Å². The SMILES string of the molecule is COC(=O)c1ccc2c([SH]3C=CC=C3[N+](=O)[O-])cn(Cc3ccccn3)c2c1. The van der Waals surface area contributed by atoms with Crippen molar-refractivity contribution in [1.29, 1.82) is 0 Å². The largest absolute Gasteiger partial charge is 0.465 e. The van der Waals surface area contributed by atoms with E-state index in [1.54, 1.807) is 30.5 Å². The molecule has 1 atom stereocenters. The Bertz CT molecular complexity index is 1140. The predicted molar refractivity (Wildman–Crippen MR) is 108 cm³/mol. The lowest BCUT2D eigenvalue weighted by atomic mass is 10.1. The van der Waals surface area contributed by atoms with Gasteiger partial charge in [-0.05, 0) is 35.7 Å². The summed E-state index contributed by atoms with van der Waals surface area (Å²) in [5.41, 5.74) is 2.10. The van der Waals surface area contributed by atoms with Gasteiger partial charge in [-0.15, -0.1) is 10.9 Å². The first-order valence-electron chi connectivity index (χ1n) is 8.51. The van der Waals surface area contributed by atoms with Gasteiger partial charge in [-0.2, -0.15) is 0 Å². The molecule has 3 heterocycles. The quantitative estimate of drug-likeness (QED) is 0.307. The van der Waals surface area contributed by atoms with E-state index in [-0.39, 0.29) is 9.95 Å². The van der Waals surface area contributed by atoms with Crippen molar-refractivity contribution >= 4 is 27.8 Å². The molecule has 0 N–H and O–H groups in total. The molecule has 0 fully saturated rings. The molecule has 0 saturated carbocycles. The van der Waals surface area contributed by atoms with Gasteiger partial charge in [-0.3, -0.25) is 15.1 Å². The molecular formula is C20H17N3O4S. The Morgan fingerprint density at radius 2 is 2.18 bits per heavy atom. The predicted octanol–water partition coefficient (Wildman–Crippen LogP) is 3.88.